The number of anilines is 2. The zero-order valence-corrected chi connectivity index (χ0v) is 13.6. The summed E-state index contributed by atoms with van der Waals surface area (Å²) in [5.41, 5.74) is 11.4. The Kier molecular flexibility index (Phi) is 4.12. The van der Waals surface area contributed by atoms with E-state index in [4.69, 9.17) is 5.73 Å². The first kappa shape index (κ1) is 15.9. The van der Waals surface area contributed by atoms with Gasteiger partial charge in [-0.2, -0.15) is 0 Å². The zero-order valence-electron chi connectivity index (χ0n) is 13.6. The van der Waals surface area contributed by atoms with Gasteiger partial charge < -0.3 is 20.8 Å². The highest BCUT2D eigenvalue weighted by molar-refractivity contribution is 6.35. The number of aromatic amines is 1. The van der Waals surface area contributed by atoms with Gasteiger partial charge in [-0.1, -0.05) is 0 Å². The van der Waals surface area contributed by atoms with E-state index in [0.29, 0.717) is 24.1 Å². The number of aryl methyl sites for hydroxylation is 1. The van der Waals surface area contributed by atoms with Crippen LogP contribution in [0.1, 0.15) is 28.8 Å². The molecule has 0 unspecified atom stereocenters. The molecule has 3 rings (SSSR count). The highest BCUT2D eigenvalue weighted by Gasteiger charge is 2.24. The molecule has 1 aliphatic heterocycles. The summed E-state index contributed by atoms with van der Waals surface area (Å²) in [4.78, 5) is 26.7. The van der Waals surface area contributed by atoms with Crippen molar-refractivity contribution in [1.82, 2.24) is 4.98 Å². The minimum absolute atomic E-state index is 0.152. The predicted octanol–water partition coefficient (Wildman–Crippen LogP) is 2.50. The largest absolute Gasteiger partial charge is 0.469 e. The van der Waals surface area contributed by atoms with Crippen molar-refractivity contribution < 1.29 is 14.3 Å². The molecule has 1 aliphatic rings. The molecule has 4 N–H and O–H groups in total. The van der Waals surface area contributed by atoms with Crippen molar-refractivity contribution in [1.29, 1.82) is 0 Å². The van der Waals surface area contributed by atoms with Crippen LogP contribution in [-0.2, 0) is 20.7 Å². The highest BCUT2D eigenvalue weighted by Crippen LogP contribution is 2.34. The van der Waals surface area contributed by atoms with E-state index < -0.39 is 0 Å². The molecule has 0 fully saturated rings. The first-order valence-electron chi connectivity index (χ1n) is 7.66. The topological polar surface area (TPSA) is 97.2 Å². The number of esters is 1. The van der Waals surface area contributed by atoms with Gasteiger partial charge in [0, 0.05) is 35.2 Å². The van der Waals surface area contributed by atoms with E-state index in [0.717, 1.165) is 28.1 Å². The van der Waals surface area contributed by atoms with Gasteiger partial charge in [-0.15, -0.1) is 0 Å². The van der Waals surface area contributed by atoms with Gasteiger partial charge in [0.15, 0.2) is 0 Å². The summed E-state index contributed by atoms with van der Waals surface area (Å²) >= 11 is 0. The third kappa shape index (κ3) is 2.90. The van der Waals surface area contributed by atoms with E-state index in [1.807, 2.05) is 19.2 Å². The molecule has 0 saturated heterocycles. The Morgan fingerprint density at radius 3 is 2.92 bits per heavy atom. The molecule has 0 aliphatic carbocycles. The van der Waals surface area contributed by atoms with Crippen LogP contribution in [0, 0.1) is 6.92 Å². The number of carbonyl (C=O) groups is 2. The van der Waals surface area contributed by atoms with Crippen LogP contribution in [0.4, 0.5) is 11.4 Å². The van der Waals surface area contributed by atoms with E-state index in [1.165, 1.54) is 7.11 Å². The molecule has 0 atom stereocenters. The summed E-state index contributed by atoms with van der Waals surface area (Å²) < 4.78 is 4.66. The number of hydrogen-bond acceptors (Lipinski definition) is 4. The summed E-state index contributed by atoms with van der Waals surface area (Å²) in [5.74, 6) is -0.393. The molecular weight excluding hydrogens is 306 g/mol. The normalized spacial score (nSPS) is 14.6. The molecule has 1 aromatic heterocycles. The lowest BCUT2D eigenvalue weighted by atomic mass is 10.0. The molecule has 24 heavy (non-hydrogen) atoms. The Morgan fingerprint density at radius 1 is 1.38 bits per heavy atom. The number of carbonyl (C=O) groups excluding carboxylic acids is 2. The monoisotopic (exact) mass is 325 g/mol. The number of amides is 1. The van der Waals surface area contributed by atoms with Gasteiger partial charge in [0.25, 0.3) is 5.91 Å². The van der Waals surface area contributed by atoms with Crippen LogP contribution >= 0.6 is 0 Å². The number of benzene rings is 1. The average Bonchev–Trinajstić information content (AvgIpc) is 3.06. The van der Waals surface area contributed by atoms with Gasteiger partial charge in [0.05, 0.1) is 12.7 Å². The number of nitrogens with two attached hydrogens (primary N) is 1. The van der Waals surface area contributed by atoms with E-state index in [2.05, 4.69) is 15.0 Å². The number of ether oxygens (including phenoxy) is 1. The van der Waals surface area contributed by atoms with E-state index >= 15 is 0 Å². The maximum Gasteiger partial charge on any atom is 0.305 e. The van der Waals surface area contributed by atoms with Crippen LogP contribution in [0.3, 0.4) is 0 Å². The second-order valence-electron chi connectivity index (χ2n) is 5.75. The third-order valence-electron chi connectivity index (χ3n) is 4.23. The lowest BCUT2D eigenvalue weighted by Gasteiger charge is -2.02. The summed E-state index contributed by atoms with van der Waals surface area (Å²) in [6, 6.07) is 5.34. The molecular formula is C18H19N3O3. The van der Waals surface area contributed by atoms with Gasteiger partial charge in [-0.05, 0) is 48.7 Å². The van der Waals surface area contributed by atoms with Crippen LogP contribution in [0.15, 0.2) is 24.4 Å². The molecule has 0 saturated carbocycles. The Morgan fingerprint density at radius 2 is 2.17 bits per heavy atom. The molecule has 2 aromatic rings. The summed E-state index contributed by atoms with van der Waals surface area (Å²) in [7, 11) is 1.38. The van der Waals surface area contributed by atoms with Crippen molar-refractivity contribution in [2.24, 2.45) is 0 Å². The van der Waals surface area contributed by atoms with Crippen molar-refractivity contribution in [2.45, 2.75) is 19.8 Å². The molecule has 1 amide bonds. The predicted molar refractivity (Wildman–Crippen MR) is 93.2 cm³/mol. The molecule has 2 heterocycles. The maximum absolute atomic E-state index is 12.2. The Labute approximate surface area is 139 Å². The molecule has 124 valence electrons. The van der Waals surface area contributed by atoms with Crippen LogP contribution in [0.2, 0.25) is 0 Å². The molecule has 6 nitrogen and oxygen atoms in total. The van der Waals surface area contributed by atoms with Crippen molar-refractivity contribution in [3.05, 3.63) is 46.8 Å². The van der Waals surface area contributed by atoms with Gasteiger partial charge in [0.2, 0.25) is 0 Å². The van der Waals surface area contributed by atoms with Crippen LogP contribution < -0.4 is 11.1 Å². The minimum Gasteiger partial charge on any atom is -0.469 e. The average molecular weight is 325 g/mol. The second kappa shape index (κ2) is 6.23. The van der Waals surface area contributed by atoms with E-state index in [9.17, 15) is 9.59 Å². The first-order valence-corrected chi connectivity index (χ1v) is 7.66. The fourth-order valence-electron chi connectivity index (χ4n) is 2.80. The van der Waals surface area contributed by atoms with Crippen LogP contribution in [0.5, 0.6) is 0 Å². The minimum atomic E-state index is -0.241. The fraction of sp³-hybridized carbons (Fsp3) is 0.222. The van der Waals surface area contributed by atoms with Gasteiger partial charge in [-0.25, -0.2) is 0 Å². The van der Waals surface area contributed by atoms with Gasteiger partial charge in [0.1, 0.15) is 0 Å². The summed E-state index contributed by atoms with van der Waals surface area (Å²) in [6.45, 7) is 1.96. The number of fused-ring (bicyclic) bond motifs is 1. The fourth-order valence-corrected chi connectivity index (χ4v) is 2.80. The van der Waals surface area contributed by atoms with E-state index in [1.54, 1.807) is 18.2 Å². The lowest BCUT2D eigenvalue weighted by Crippen LogP contribution is -2.03. The molecule has 0 radical (unpaired) electrons. The summed E-state index contributed by atoms with van der Waals surface area (Å²) in [6.07, 6.45) is 4.59. The third-order valence-corrected chi connectivity index (χ3v) is 4.23. The molecule has 0 spiro atoms. The zero-order chi connectivity index (χ0) is 17.3. The Hall–Kier alpha value is -3.02. The number of rotatable bonds is 4. The quantitative estimate of drug-likeness (QED) is 0.457. The second-order valence-corrected chi connectivity index (χ2v) is 5.75. The Balaban J connectivity index is 1.90. The SMILES string of the molecule is COC(=O)CCc1c[nH]c(/C=C2\C(=O)Nc3ccc(N)cc32)c1C. The van der Waals surface area contributed by atoms with Crippen molar-refractivity contribution in [2.75, 3.05) is 18.2 Å². The van der Waals surface area contributed by atoms with Crippen LogP contribution in [-0.4, -0.2) is 24.0 Å². The maximum atomic E-state index is 12.2. The summed E-state index contributed by atoms with van der Waals surface area (Å²) in [5, 5.41) is 2.83. The molecule has 1 aromatic carbocycles. The van der Waals surface area contributed by atoms with E-state index in [-0.39, 0.29) is 11.9 Å². The van der Waals surface area contributed by atoms with Crippen LogP contribution in [0.25, 0.3) is 11.6 Å². The number of methoxy groups -OCH3 is 1. The molecule has 6 heteroatoms. The number of nitrogen functional groups attached to an aromatic ring is 1. The number of hydrogen-bond donors (Lipinski definition) is 3. The van der Waals surface area contributed by atoms with Crippen molar-refractivity contribution in [3.8, 4) is 0 Å². The first-order chi connectivity index (χ1) is 11.5. The number of aromatic nitrogens is 1. The number of nitrogens with one attached hydrogen (secondary N) is 2. The highest BCUT2D eigenvalue weighted by atomic mass is 16.5. The standard InChI is InChI=1S/C18H19N3O3/c1-10-11(3-6-17(22)24-2)9-20-16(10)8-14-13-7-12(19)4-5-15(13)21-18(14)23/h4-5,7-9,20H,3,6,19H2,1-2H3,(H,21,23)/b14-8-. The smallest absolute Gasteiger partial charge is 0.305 e. The molecule has 0 bridgehead atoms. The van der Waals surface area contributed by atoms with Crippen molar-refractivity contribution in [3.63, 3.8) is 0 Å². The Bertz CT molecular complexity index is 849. The lowest BCUT2D eigenvalue weighted by molar-refractivity contribution is -0.140. The van der Waals surface area contributed by atoms with Crippen molar-refractivity contribution >= 4 is 34.9 Å². The van der Waals surface area contributed by atoms with Gasteiger partial charge in [-0.3, -0.25) is 9.59 Å². The number of H-pyrrole nitrogens is 1. The van der Waals surface area contributed by atoms with Gasteiger partial charge >= 0.3 is 5.97 Å².